The van der Waals surface area contributed by atoms with Crippen LogP contribution < -0.4 is 0 Å². The van der Waals surface area contributed by atoms with Gasteiger partial charge >= 0.3 is 6.18 Å². The second kappa shape index (κ2) is 10.9. The molecule has 0 saturated carbocycles. The molecule has 0 atom stereocenters. The van der Waals surface area contributed by atoms with Gasteiger partial charge in [0.05, 0.1) is 17.2 Å². The van der Waals surface area contributed by atoms with Gasteiger partial charge in [-0.05, 0) is 61.4 Å². The van der Waals surface area contributed by atoms with Crippen molar-refractivity contribution >= 4 is 21.4 Å². The van der Waals surface area contributed by atoms with Crippen molar-refractivity contribution in [3.63, 3.8) is 0 Å². The maximum Gasteiger partial charge on any atom is 0.434 e. The van der Waals surface area contributed by atoms with E-state index in [1.165, 1.54) is 35.8 Å². The van der Waals surface area contributed by atoms with Crippen LogP contribution in [-0.2, 0) is 22.6 Å². The lowest BCUT2D eigenvalue weighted by Gasteiger charge is -2.15. The van der Waals surface area contributed by atoms with Gasteiger partial charge in [-0.3, -0.25) is 0 Å². The average Bonchev–Trinajstić information content (AvgIpc) is 3.49. The zero-order valence-electron chi connectivity index (χ0n) is 23.1. The fraction of sp³-hybridized carbons (Fsp3) is 0.207. The quantitative estimate of drug-likeness (QED) is 0.160. The van der Waals surface area contributed by atoms with Crippen molar-refractivity contribution in [2.24, 2.45) is 0 Å². The lowest BCUT2D eigenvalue weighted by molar-refractivity contribution is -0.141. The van der Waals surface area contributed by atoms with Gasteiger partial charge in [0.2, 0.25) is 0 Å². The Morgan fingerprint density at radius 3 is 2.30 bits per heavy atom. The minimum atomic E-state index is -4.70. The summed E-state index contributed by atoms with van der Waals surface area (Å²) >= 11 is 6.20. The molecule has 0 radical (unpaired) electrons. The highest BCUT2D eigenvalue weighted by Gasteiger charge is 2.35. The van der Waals surface area contributed by atoms with Gasteiger partial charge in [-0.1, -0.05) is 17.7 Å². The number of nitrogens with zero attached hydrogens (tertiary/aromatic N) is 4. The van der Waals surface area contributed by atoms with Crippen molar-refractivity contribution in [3.8, 4) is 39.4 Å². The number of hydrogen-bond acceptors (Lipinski definition) is 7. The molecule has 0 unspecified atom stereocenters. The molecule has 0 aliphatic carbocycles. The van der Waals surface area contributed by atoms with E-state index in [4.69, 9.17) is 16.0 Å². The van der Waals surface area contributed by atoms with Gasteiger partial charge in [-0.15, -0.1) is 0 Å². The first-order chi connectivity index (χ1) is 20.1. The lowest BCUT2D eigenvalue weighted by atomic mass is 9.97. The molecular weight excluding hydrogens is 612 g/mol. The van der Waals surface area contributed by atoms with Crippen LogP contribution in [0.3, 0.4) is 0 Å². The van der Waals surface area contributed by atoms with Gasteiger partial charge in [0.25, 0.3) is 0 Å². The van der Waals surface area contributed by atoms with Crippen LogP contribution in [0.1, 0.15) is 28.7 Å². The molecule has 5 aromatic rings. The highest BCUT2D eigenvalue weighted by atomic mass is 35.5. The van der Waals surface area contributed by atoms with Crippen LogP contribution in [-0.4, -0.2) is 39.3 Å². The molecule has 8 nitrogen and oxygen atoms in total. The van der Waals surface area contributed by atoms with Gasteiger partial charge in [0.15, 0.2) is 27.2 Å². The fourth-order valence-corrected chi connectivity index (χ4v) is 6.00. The summed E-state index contributed by atoms with van der Waals surface area (Å²) < 4.78 is 87.8. The minimum absolute atomic E-state index is 0.0311. The smallest absolute Gasteiger partial charge is 0.434 e. The van der Waals surface area contributed by atoms with Crippen molar-refractivity contribution in [2.75, 3.05) is 6.26 Å². The summed E-state index contributed by atoms with van der Waals surface area (Å²) in [5, 5.41) is 9.80. The molecule has 3 aromatic heterocycles. The molecule has 0 aliphatic heterocycles. The molecule has 14 heteroatoms. The van der Waals surface area contributed by atoms with Gasteiger partial charge in [-0.2, -0.15) is 13.2 Å². The predicted molar refractivity (Wildman–Crippen MR) is 151 cm³/mol. The molecule has 5 rings (SSSR count). The van der Waals surface area contributed by atoms with Crippen LogP contribution in [0.15, 0.2) is 58.0 Å². The van der Waals surface area contributed by atoms with Crippen LogP contribution in [0.2, 0.25) is 5.15 Å². The number of aliphatic hydroxyl groups is 1. The largest absolute Gasteiger partial charge is 0.440 e. The third-order valence-corrected chi connectivity index (χ3v) is 8.00. The van der Waals surface area contributed by atoms with Gasteiger partial charge < -0.3 is 14.1 Å². The number of aliphatic hydroxyl groups excluding tert-OH is 1. The molecule has 224 valence electrons. The SMILES string of the molecule is Cc1cc(-c2oc(C)nc2-c2cc(-c3cc(F)c(CO)c(S(C)(=O)=O)c3)ccc2-n2cc(C(F)(F)F)nc2C)cc(Cl)n1. The van der Waals surface area contributed by atoms with Crippen LogP contribution >= 0.6 is 11.6 Å². The van der Waals surface area contributed by atoms with E-state index in [-0.39, 0.29) is 50.7 Å². The monoisotopic (exact) mass is 634 g/mol. The number of halogens is 5. The second-order valence-electron chi connectivity index (χ2n) is 9.87. The summed E-state index contributed by atoms with van der Waals surface area (Å²) in [4.78, 5) is 12.0. The standard InChI is InChI=1S/C29H23ClF4N4O4S/c1-14-7-19(11-26(30)35-14)28-27(37-16(3)42-28)20-8-17(18-9-22(31)21(13-39)24(10-18)43(4,40)41)5-6-23(20)38-12-25(29(32,33)34)36-15(38)2/h5-12,39H,13H2,1-4H3. The Balaban J connectivity index is 1.82. The predicted octanol–water partition coefficient (Wildman–Crippen LogP) is 6.89. The van der Waals surface area contributed by atoms with E-state index in [0.29, 0.717) is 16.8 Å². The Labute approximate surface area is 248 Å². The second-order valence-corrected chi connectivity index (χ2v) is 12.2. The van der Waals surface area contributed by atoms with Crippen molar-refractivity contribution < 1.29 is 35.5 Å². The van der Waals surface area contributed by atoms with Crippen LogP contribution in [0.25, 0.3) is 39.4 Å². The van der Waals surface area contributed by atoms with E-state index in [0.717, 1.165) is 18.5 Å². The topological polar surface area (TPSA) is 111 Å². The van der Waals surface area contributed by atoms with Crippen molar-refractivity contribution in [2.45, 2.75) is 38.4 Å². The molecule has 0 amide bonds. The van der Waals surface area contributed by atoms with E-state index < -0.39 is 39.0 Å². The van der Waals surface area contributed by atoms with Gasteiger partial charge in [0, 0.05) is 41.8 Å². The highest BCUT2D eigenvalue weighted by molar-refractivity contribution is 7.90. The molecule has 1 N–H and O–H groups in total. The number of sulfone groups is 1. The summed E-state index contributed by atoms with van der Waals surface area (Å²) in [5.41, 5.74) is 0.799. The highest BCUT2D eigenvalue weighted by Crippen LogP contribution is 2.40. The number of rotatable bonds is 6. The molecule has 0 bridgehead atoms. The number of hydrogen-bond donors (Lipinski definition) is 1. The molecule has 0 fully saturated rings. The lowest BCUT2D eigenvalue weighted by Crippen LogP contribution is -2.06. The normalized spacial score (nSPS) is 12.2. The average molecular weight is 635 g/mol. The number of aromatic nitrogens is 4. The Bertz CT molecular complexity index is 1980. The number of benzene rings is 2. The number of imidazole rings is 1. The third kappa shape index (κ3) is 5.92. The Kier molecular flexibility index (Phi) is 7.69. The Hall–Kier alpha value is -4.07. The van der Waals surface area contributed by atoms with E-state index in [2.05, 4.69) is 15.0 Å². The van der Waals surface area contributed by atoms with Crippen LogP contribution in [0, 0.1) is 26.6 Å². The molecular formula is C29H23ClF4N4O4S. The number of oxazole rings is 1. The molecule has 3 heterocycles. The van der Waals surface area contributed by atoms with E-state index in [1.54, 1.807) is 26.0 Å². The molecule has 0 saturated heterocycles. The minimum Gasteiger partial charge on any atom is -0.440 e. The van der Waals surface area contributed by atoms with Crippen LogP contribution in [0.5, 0.6) is 0 Å². The van der Waals surface area contributed by atoms with Crippen molar-refractivity contribution in [1.82, 2.24) is 19.5 Å². The summed E-state index contributed by atoms with van der Waals surface area (Å²) in [6.45, 7) is 3.89. The molecule has 0 aliphatic rings. The maximum absolute atomic E-state index is 15.0. The molecule has 43 heavy (non-hydrogen) atoms. The Morgan fingerprint density at radius 2 is 1.70 bits per heavy atom. The summed E-state index contributed by atoms with van der Waals surface area (Å²) in [5.74, 6) is -0.423. The summed E-state index contributed by atoms with van der Waals surface area (Å²) in [6, 6.07) is 10.1. The number of alkyl halides is 3. The zero-order valence-corrected chi connectivity index (χ0v) is 24.7. The van der Waals surface area contributed by atoms with E-state index >= 15 is 4.39 Å². The first-order valence-corrected chi connectivity index (χ1v) is 14.9. The Morgan fingerprint density at radius 1 is 0.977 bits per heavy atom. The number of pyridine rings is 1. The summed E-state index contributed by atoms with van der Waals surface area (Å²) in [6.07, 6.45) is -2.96. The van der Waals surface area contributed by atoms with Crippen molar-refractivity contribution in [3.05, 3.63) is 88.3 Å². The summed E-state index contributed by atoms with van der Waals surface area (Å²) in [7, 11) is -3.94. The van der Waals surface area contributed by atoms with Crippen molar-refractivity contribution in [1.29, 1.82) is 0 Å². The third-order valence-electron chi connectivity index (χ3n) is 6.65. The molecule has 0 spiro atoms. The van der Waals surface area contributed by atoms with E-state index in [9.17, 15) is 26.7 Å². The first-order valence-electron chi connectivity index (χ1n) is 12.6. The number of aryl methyl sites for hydroxylation is 3. The van der Waals surface area contributed by atoms with E-state index in [1.807, 2.05) is 0 Å². The van der Waals surface area contributed by atoms with Gasteiger partial charge in [-0.25, -0.2) is 27.8 Å². The maximum atomic E-state index is 15.0. The molecule has 2 aromatic carbocycles. The fourth-order valence-electron chi connectivity index (χ4n) is 4.80. The van der Waals surface area contributed by atoms with Gasteiger partial charge in [0.1, 0.15) is 22.5 Å². The van der Waals surface area contributed by atoms with Crippen LogP contribution in [0.4, 0.5) is 17.6 Å². The first kappa shape index (κ1) is 30.4. The zero-order chi connectivity index (χ0) is 31.4.